The minimum Gasteiger partial charge on any atom is -0.361 e. The second-order valence-corrected chi connectivity index (χ2v) is 4.38. The van der Waals surface area contributed by atoms with Crippen LogP contribution in [0, 0.1) is 0 Å². The molecule has 0 aliphatic carbocycles. The van der Waals surface area contributed by atoms with E-state index in [-0.39, 0.29) is 0 Å². The molecule has 0 amide bonds. The van der Waals surface area contributed by atoms with Gasteiger partial charge in [-0.3, -0.25) is 5.10 Å². The molecule has 86 valence electrons. The van der Waals surface area contributed by atoms with Crippen LogP contribution >= 0.6 is 0 Å². The number of benzene rings is 2. The summed E-state index contributed by atoms with van der Waals surface area (Å²) in [6, 6.07) is 14.7. The number of aromatic nitrogens is 3. The highest BCUT2D eigenvalue weighted by Crippen LogP contribution is 2.32. The van der Waals surface area contributed by atoms with Gasteiger partial charge in [-0.25, -0.2) is 0 Å². The van der Waals surface area contributed by atoms with E-state index in [1.165, 1.54) is 16.5 Å². The van der Waals surface area contributed by atoms with Crippen molar-refractivity contribution in [3.05, 3.63) is 54.9 Å². The van der Waals surface area contributed by atoms with E-state index in [1.807, 2.05) is 12.4 Å². The van der Waals surface area contributed by atoms with E-state index in [0.717, 1.165) is 16.4 Å². The molecule has 2 N–H and O–H groups in total. The van der Waals surface area contributed by atoms with Gasteiger partial charge >= 0.3 is 0 Å². The van der Waals surface area contributed by atoms with E-state index in [1.54, 1.807) is 0 Å². The fourth-order valence-electron chi connectivity index (χ4n) is 2.51. The molecular formula is C15H11N3. The molecule has 0 bridgehead atoms. The maximum Gasteiger partial charge on any atom is 0.0728 e. The first kappa shape index (κ1) is 9.48. The van der Waals surface area contributed by atoms with Gasteiger partial charge in [-0.15, -0.1) is 0 Å². The highest BCUT2D eigenvalue weighted by atomic mass is 15.1. The number of hydrogen-bond acceptors (Lipinski definition) is 1. The van der Waals surface area contributed by atoms with Gasteiger partial charge in [-0.1, -0.05) is 30.3 Å². The van der Waals surface area contributed by atoms with Gasteiger partial charge in [0, 0.05) is 28.0 Å². The van der Waals surface area contributed by atoms with Crippen LogP contribution in [0.3, 0.4) is 0 Å². The number of fused-ring (bicyclic) bond motifs is 2. The smallest absolute Gasteiger partial charge is 0.0728 e. The lowest BCUT2D eigenvalue weighted by Gasteiger charge is -2.05. The van der Waals surface area contributed by atoms with Crippen molar-refractivity contribution in [3.63, 3.8) is 0 Å². The summed E-state index contributed by atoms with van der Waals surface area (Å²) in [5.74, 6) is 0. The quantitative estimate of drug-likeness (QED) is 0.517. The Kier molecular flexibility index (Phi) is 1.83. The molecule has 2 heterocycles. The fourth-order valence-corrected chi connectivity index (χ4v) is 2.51. The van der Waals surface area contributed by atoms with Gasteiger partial charge in [0.1, 0.15) is 0 Å². The van der Waals surface area contributed by atoms with Gasteiger partial charge < -0.3 is 4.98 Å². The van der Waals surface area contributed by atoms with Crippen LogP contribution in [0.15, 0.2) is 54.9 Å². The van der Waals surface area contributed by atoms with Gasteiger partial charge in [0.25, 0.3) is 0 Å². The number of H-pyrrole nitrogens is 2. The van der Waals surface area contributed by atoms with Crippen LogP contribution in [0.1, 0.15) is 0 Å². The summed E-state index contributed by atoms with van der Waals surface area (Å²) in [5, 5.41) is 9.58. The minimum absolute atomic E-state index is 1.09. The average molecular weight is 233 g/mol. The van der Waals surface area contributed by atoms with E-state index in [4.69, 9.17) is 0 Å². The molecule has 0 unspecified atom stereocenters. The molecule has 0 atom stereocenters. The highest BCUT2D eigenvalue weighted by Gasteiger charge is 2.08. The Hall–Kier alpha value is -2.55. The molecule has 3 nitrogen and oxygen atoms in total. The Bertz CT molecular complexity index is 767. The van der Waals surface area contributed by atoms with Crippen LogP contribution in [0.2, 0.25) is 0 Å². The summed E-state index contributed by atoms with van der Waals surface area (Å²) in [7, 11) is 0. The first-order valence-corrected chi connectivity index (χ1v) is 5.92. The van der Waals surface area contributed by atoms with E-state index in [9.17, 15) is 0 Å². The Balaban J connectivity index is 2.13. The molecule has 0 saturated heterocycles. The molecule has 0 spiro atoms. The summed E-state index contributed by atoms with van der Waals surface area (Å²) >= 11 is 0. The fraction of sp³-hybridized carbons (Fsp3) is 0. The number of nitrogens with zero attached hydrogens (tertiary/aromatic N) is 1. The maximum absolute atomic E-state index is 4.12. The van der Waals surface area contributed by atoms with Crippen LogP contribution < -0.4 is 0 Å². The third-order valence-corrected chi connectivity index (χ3v) is 3.36. The number of hydrogen-bond donors (Lipinski definition) is 2. The van der Waals surface area contributed by atoms with Gasteiger partial charge in [0.15, 0.2) is 0 Å². The van der Waals surface area contributed by atoms with Gasteiger partial charge in [0.2, 0.25) is 0 Å². The zero-order valence-electron chi connectivity index (χ0n) is 9.64. The van der Waals surface area contributed by atoms with Crippen molar-refractivity contribution in [2.45, 2.75) is 0 Å². The first-order chi connectivity index (χ1) is 8.93. The number of para-hydroxylation sites is 1. The topological polar surface area (TPSA) is 44.5 Å². The standard InChI is InChI=1S/C15H11N3/c1-3-10-9-17-18-15(10)13(5-1)11-4-2-6-14-12(11)7-8-16-14/h1-9,16H,(H,17,18). The molecule has 0 aliphatic rings. The van der Waals surface area contributed by atoms with Crippen LogP contribution in [0.25, 0.3) is 32.9 Å². The van der Waals surface area contributed by atoms with Crippen molar-refractivity contribution in [2.75, 3.05) is 0 Å². The largest absolute Gasteiger partial charge is 0.361 e. The van der Waals surface area contributed by atoms with Crippen molar-refractivity contribution < 1.29 is 0 Å². The zero-order valence-corrected chi connectivity index (χ0v) is 9.64. The second-order valence-electron chi connectivity index (χ2n) is 4.38. The van der Waals surface area contributed by atoms with Crippen LogP contribution in [0.4, 0.5) is 0 Å². The van der Waals surface area contributed by atoms with Crippen LogP contribution in [-0.4, -0.2) is 15.2 Å². The molecule has 0 fully saturated rings. The monoisotopic (exact) mass is 233 g/mol. The lowest BCUT2D eigenvalue weighted by molar-refractivity contribution is 1.12. The predicted molar refractivity (Wildman–Crippen MR) is 73.4 cm³/mol. The predicted octanol–water partition coefficient (Wildman–Crippen LogP) is 3.71. The summed E-state index contributed by atoms with van der Waals surface area (Å²) in [6.07, 6.45) is 3.83. The molecule has 2 aromatic carbocycles. The Morgan fingerprint density at radius 3 is 2.78 bits per heavy atom. The lowest BCUT2D eigenvalue weighted by Crippen LogP contribution is -1.81. The maximum atomic E-state index is 4.12. The first-order valence-electron chi connectivity index (χ1n) is 5.92. The molecule has 18 heavy (non-hydrogen) atoms. The van der Waals surface area contributed by atoms with Crippen molar-refractivity contribution in [1.29, 1.82) is 0 Å². The number of nitrogens with one attached hydrogen (secondary N) is 2. The van der Waals surface area contributed by atoms with E-state index < -0.39 is 0 Å². The summed E-state index contributed by atoms with van der Waals surface area (Å²) in [5.41, 5.74) is 4.66. The number of rotatable bonds is 1. The Labute approximate surface area is 103 Å². The van der Waals surface area contributed by atoms with Gasteiger partial charge in [0.05, 0.1) is 11.7 Å². The van der Waals surface area contributed by atoms with Crippen LogP contribution in [0.5, 0.6) is 0 Å². The molecule has 4 rings (SSSR count). The Morgan fingerprint density at radius 1 is 0.889 bits per heavy atom. The normalized spacial score (nSPS) is 11.3. The second kappa shape index (κ2) is 3.47. The SMILES string of the molecule is c1cc(-c2cccc3[nH]ccc23)c2[nH]ncc2c1. The summed E-state index contributed by atoms with van der Waals surface area (Å²) in [4.78, 5) is 3.25. The van der Waals surface area contributed by atoms with Crippen molar-refractivity contribution >= 4 is 21.8 Å². The van der Waals surface area contributed by atoms with Crippen LogP contribution in [-0.2, 0) is 0 Å². The van der Waals surface area contributed by atoms with Gasteiger partial charge in [-0.05, 0) is 17.7 Å². The number of aromatic amines is 2. The van der Waals surface area contributed by atoms with E-state index in [0.29, 0.717) is 0 Å². The zero-order chi connectivity index (χ0) is 11.9. The minimum atomic E-state index is 1.09. The van der Waals surface area contributed by atoms with E-state index >= 15 is 0 Å². The summed E-state index contributed by atoms with van der Waals surface area (Å²) in [6.45, 7) is 0. The van der Waals surface area contributed by atoms with Crippen molar-refractivity contribution in [3.8, 4) is 11.1 Å². The lowest BCUT2D eigenvalue weighted by atomic mass is 10.00. The molecule has 4 aromatic rings. The molecule has 3 heteroatoms. The molecular weight excluding hydrogens is 222 g/mol. The molecule has 2 aromatic heterocycles. The van der Waals surface area contributed by atoms with Crippen molar-refractivity contribution in [2.24, 2.45) is 0 Å². The third kappa shape index (κ3) is 1.21. The third-order valence-electron chi connectivity index (χ3n) is 3.36. The van der Waals surface area contributed by atoms with E-state index in [2.05, 4.69) is 57.6 Å². The van der Waals surface area contributed by atoms with Crippen molar-refractivity contribution in [1.82, 2.24) is 15.2 Å². The highest BCUT2D eigenvalue weighted by molar-refractivity contribution is 6.03. The molecule has 0 aliphatic heterocycles. The Morgan fingerprint density at radius 2 is 1.78 bits per heavy atom. The average Bonchev–Trinajstić information content (AvgIpc) is 3.06. The van der Waals surface area contributed by atoms with Gasteiger partial charge in [-0.2, -0.15) is 5.10 Å². The summed E-state index contributed by atoms with van der Waals surface area (Å²) < 4.78 is 0. The molecule has 0 radical (unpaired) electrons. The molecule has 0 saturated carbocycles.